The van der Waals surface area contributed by atoms with Gasteiger partial charge in [0, 0.05) is 17.5 Å². The standard InChI is InChI=1S/C24H20N2O/c27-24(25-17-18-9-3-1-4-10-18)16-20-15-23(19-11-5-2-6-12-19)26-22-14-8-7-13-21(20)22/h1-15H,16-17H2,(H,25,27). The van der Waals surface area contributed by atoms with Gasteiger partial charge in [0.05, 0.1) is 17.6 Å². The number of hydrogen-bond acceptors (Lipinski definition) is 2. The Labute approximate surface area is 158 Å². The van der Waals surface area contributed by atoms with Gasteiger partial charge in [-0.05, 0) is 23.3 Å². The first kappa shape index (κ1) is 17.0. The zero-order valence-corrected chi connectivity index (χ0v) is 14.9. The first-order valence-electron chi connectivity index (χ1n) is 9.04. The molecule has 132 valence electrons. The van der Waals surface area contributed by atoms with Crippen LogP contribution in [0.5, 0.6) is 0 Å². The summed E-state index contributed by atoms with van der Waals surface area (Å²) in [6.45, 7) is 0.536. The van der Waals surface area contributed by atoms with E-state index in [4.69, 9.17) is 4.98 Å². The molecule has 0 aliphatic carbocycles. The Morgan fingerprint density at radius 3 is 2.26 bits per heavy atom. The molecule has 3 aromatic carbocycles. The number of hydrogen-bond donors (Lipinski definition) is 1. The molecule has 3 heteroatoms. The van der Waals surface area contributed by atoms with E-state index in [1.165, 1.54) is 0 Å². The van der Waals surface area contributed by atoms with Crippen molar-refractivity contribution >= 4 is 16.8 Å². The number of fused-ring (bicyclic) bond motifs is 1. The van der Waals surface area contributed by atoms with Crippen LogP contribution >= 0.6 is 0 Å². The second-order valence-corrected chi connectivity index (χ2v) is 6.49. The molecule has 0 unspecified atom stereocenters. The topological polar surface area (TPSA) is 42.0 Å². The van der Waals surface area contributed by atoms with Crippen LogP contribution in [0.3, 0.4) is 0 Å². The van der Waals surface area contributed by atoms with Crippen molar-refractivity contribution in [2.24, 2.45) is 0 Å². The van der Waals surface area contributed by atoms with Gasteiger partial charge in [0.2, 0.25) is 5.91 Å². The third kappa shape index (κ3) is 4.04. The highest BCUT2D eigenvalue weighted by Crippen LogP contribution is 2.25. The highest BCUT2D eigenvalue weighted by atomic mass is 16.1. The van der Waals surface area contributed by atoms with E-state index in [1.54, 1.807) is 0 Å². The Kier molecular flexibility index (Phi) is 4.93. The molecule has 3 nitrogen and oxygen atoms in total. The lowest BCUT2D eigenvalue weighted by Gasteiger charge is -2.11. The Morgan fingerprint density at radius 1 is 0.815 bits per heavy atom. The van der Waals surface area contributed by atoms with E-state index in [0.717, 1.165) is 33.3 Å². The zero-order valence-electron chi connectivity index (χ0n) is 14.9. The van der Waals surface area contributed by atoms with Gasteiger partial charge in [-0.1, -0.05) is 78.9 Å². The van der Waals surface area contributed by atoms with Crippen molar-refractivity contribution in [2.45, 2.75) is 13.0 Å². The number of para-hydroxylation sites is 1. The van der Waals surface area contributed by atoms with Crippen LogP contribution in [-0.2, 0) is 17.8 Å². The molecule has 27 heavy (non-hydrogen) atoms. The molecule has 1 aromatic heterocycles. The summed E-state index contributed by atoms with van der Waals surface area (Å²) < 4.78 is 0. The van der Waals surface area contributed by atoms with E-state index in [1.807, 2.05) is 91.0 Å². The van der Waals surface area contributed by atoms with Crippen LogP contribution in [-0.4, -0.2) is 10.9 Å². The summed E-state index contributed by atoms with van der Waals surface area (Å²) in [7, 11) is 0. The summed E-state index contributed by atoms with van der Waals surface area (Å²) >= 11 is 0. The van der Waals surface area contributed by atoms with Gasteiger partial charge in [0.25, 0.3) is 0 Å². The Balaban J connectivity index is 1.61. The number of amides is 1. The lowest BCUT2D eigenvalue weighted by molar-refractivity contribution is -0.120. The average Bonchev–Trinajstić information content (AvgIpc) is 2.73. The van der Waals surface area contributed by atoms with Crippen molar-refractivity contribution in [2.75, 3.05) is 0 Å². The van der Waals surface area contributed by atoms with Crippen LogP contribution in [0, 0.1) is 0 Å². The number of nitrogens with zero attached hydrogens (tertiary/aromatic N) is 1. The molecule has 0 saturated carbocycles. The van der Waals surface area contributed by atoms with Crippen LogP contribution in [0.25, 0.3) is 22.2 Å². The third-order valence-corrected chi connectivity index (χ3v) is 4.55. The van der Waals surface area contributed by atoms with E-state index in [2.05, 4.69) is 5.32 Å². The van der Waals surface area contributed by atoms with Gasteiger partial charge in [-0.3, -0.25) is 4.79 Å². The highest BCUT2D eigenvalue weighted by Gasteiger charge is 2.11. The number of pyridine rings is 1. The highest BCUT2D eigenvalue weighted by molar-refractivity contribution is 5.90. The number of rotatable bonds is 5. The minimum Gasteiger partial charge on any atom is -0.352 e. The monoisotopic (exact) mass is 352 g/mol. The molecule has 1 N–H and O–H groups in total. The number of aromatic nitrogens is 1. The average molecular weight is 352 g/mol. The maximum absolute atomic E-state index is 12.5. The largest absolute Gasteiger partial charge is 0.352 e. The fourth-order valence-corrected chi connectivity index (χ4v) is 3.18. The van der Waals surface area contributed by atoms with E-state index in [0.29, 0.717) is 13.0 Å². The maximum Gasteiger partial charge on any atom is 0.224 e. The quantitative estimate of drug-likeness (QED) is 0.563. The summed E-state index contributed by atoms with van der Waals surface area (Å²) in [4.78, 5) is 17.3. The number of benzene rings is 3. The molecule has 4 rings (SSSR count). The van der Waals surface area contributed by atoms with Gasteiger partial charge in [-0.15, -0.1) is 0 Å². The first-order valence-corrected chi connectivity index (χ1v) is 9.04. The van der Waals surface area contributed by atoms with Gasteiger partial charge < -0.3 is 5.32 Å². The van der Waals surface area contributed by atoms with Crippen molar-refractivity contribution in [3.05, 3.63) is 102 Å². The molecule has 0 aliphatic heterocycles. The summed E-state index contributed by atoms with van der Waals surface area (Å²) in [6, 6.07) is 30.0. The lowest BCUT2D eigenvalue weighted by atomic mass is 10.0. The summed E-state index contributed by atoms with van der Waals surface area (Å²) in [5, 5.41) is 4.03. The first-order chi connectivity index (χ1) is 13.3. The van der Waals surface area contributed by atoms with Gasteiger partial charge in [-0.2, -0.15) is 0 Å². The van der Waals surface area contributed by atoms with Crippen molar-refractivity contribution < 1.29 is 4.79 Å². The molecular formula is C24H20N2O. The van der Waals surface area contributed by atoms with Crippen molar-refractivity contribution in [1.82, 2.24) is 10.3 Å². The van der Waals surface area contributed by atoms with E-state index in [9.17, 15) is 4.79 Å². The molecule has 0 fully saturated rings. The van der Waals surface area contributed by atoms with Crippen LogP contribution in [0.2, 0.25) is 0 Å². The van der Waals surface area contributed by atoms with E-state index >= 15 is 0 Å². The molecule has 0 aliphatic rings. The summed E-state index contributed by atoms with van der Waals surface area (Å²) in [5.41, 5.74) is 4.93. The molecule has 0 spiro atoms. The van der Waals surface area contributed by atoms with Crippen LogP contribution in [0.4, 0.5) is 0 Å². The Morgan fingerprint density at radius 2 is 1.48 bits per heavy atom. The van der Waals surface area contributed by atoms with E-state index in [-0.39, 0.29) is 5.91 Å². The minimum atomic E-state index is 0.00854. The summed E-state index contributed by atoms with van der Waals surface area (Å²) in [5.74, 6) is 0.00854. The van der Waals surface area contributed by atoms with Crippen LogP contribution in [0.15, 0.2) is 91.0 Å². The normalized spacial score (nSPS) is 10.7. The van der Waals surface area contributed by atoms with Gasteiger partial charge in [0.1, 0.15) is 0 Å². The third-order valence-electron chi connectivity index (χ3n) is 4.55. The Hall–Kier alpha value is -3.46. The van der Waals surface area contributed by atoms with Crippen molar-refractivity contribution in [3.8, 4) is 11.3 Å². The molecule has 0 atom stereocenters. The number of nitrogens with one attached hydrogen (secondary N) is 1. The molecule has 0 saturated heterocycles. The van der Waals surface area contributed by atoms with Crippen LogP contribution in [0.1, 0.15) is 11.1 Å². The molecule has 1 amide bonds. The number of carbonyl (C=O) groups excluding carboxylic acids is 1. The fourth-order valence-electron chi connectivity index (χ4n) is 3.18. The maximum atomic E-state index is 12.5. The van der Waals surface area contributed by atoms with Gasteiger partial charge >= 0.3 is 0 Å². The minimum absolute atomic E-state index is 0.00854. The predicted molar refractivity (Wildman–Crippen MR) is 109 cm³/mol. The summed E-state index contributed by atoms with van der Waals surface area (Å²) in [6.07, 6.45) is 0.329. The second-order valence-electron chi connectivity index (χ2n) is 6.49. The predicted octanol–water partition coefficient (Wildman–Crippen LogP) is 4.76. The van der Waals surface area contributed by atoms with Gasteiger partial charge in [0.15, 0.2) is 0 Å². The number of carbonyl (C=O) groups is 1. The van der Waals surface area contributed by atoms with Crippen molar-refractivity contribution in [1.29, 1.82) is 0 Å². The molecule has 1 heterocycles. The lowest BCUT2D eigenvalue weighted by Crippen LogP contribution is -2.24. The fraction of sp³-hybridized carbons (Fsp3) is 0.0833. The SMILES string of the molecule is O=C(Cc1cc(-c2ccccc2)nc2ccccc12)NCc1ccccc1. The van der Waals surface area contributed by atoms with E-state index < -0.39 is 0 Å². The Bertz CT molecular complexity index is 1060. The second kappa shape index (κ2) is 7.83. The zero-order chi connectivity index (χ0) is 18.5. The molecular weight excluding hydrogens is 332 g/mol. The van der Waals surface area contributed by atoms with Gasteiger partial charge in [-0.25, -0.2) is 4.98 Å². The smallest absolute Gasteiger partial charge is 0.224 e. The molecule has 0 radical (unpaired) electrons. The van der Waals surface area contributed by atoms with Crippen LogP contribution < -0.4 is 5.32 Å². The molecule has 0 bridgehead atoms. The molecule has 4 aromatic rings. The van der Waals surface area contributed by atoms with Crippen molar-refractivity contribution in [3.63, 3.8) is 0 Å².